The van der Waals surface area contributed by atoms with Gasteiger partial charge in [-0.3, -0.25) is 0 Å². The van der Waals surface area contributed by atoms with E-state index in [2.05, 4.69) is 61.4 Å². The van der Waals surface area contributed by atoms with E-state index in [1.54, 1.807) is 0 Å². The molecule has 0 aliphatic carbocycles. The number of nitrogens with one attached hydrogen (secondary N) is 2. The maximum atomic E-state index is 3.77. The van der Waals surface area contributed by atoms with E-state index in [-0.39, 0.29) is 0 Å². The van der Waals surface area contributed by atoms with E-state index in [1.165, 1.54) is 28.1 Å². The summed E-state index contributed by atoms with van der Waals surface area (Å²) in [5, 5.41) is 7.03. The third-order valence-corrected chi connectivity index (χ3v) is 3.35. The average molecular weight is 254 g/mol. The van der Waals surface area contributed by atoms with Crippen LogP contribution in [0, 0.1) is 6.92 Å². The summed E-state index contributed by atoms with van der Waals surface area (Å²) in [6, 6.07) is 6.56. The number of fused-ring (bicyclic) bond motifs is 1. The van der Waals surface area contributed by atoms with E-state index in [4.69, 9.17) is 0 Å². The van der Waals surface area contributed by atoms with E-state index in [9.17, 15) is 0 Å². The molecule has 100 valence electrons. The van der Waals surface area contributed by atoms with Crippen LogP contribution in [0.3, 0.4) is 0 Å². The Labute approximate surface area is 115 Å². The van der Waals surface area contributed by atoms with Crippen molar-refractivity contribution in [1.29, 1.82) is 0 Å². The van der Waals surface area contributed by atoms with Gasteiger partial charge in [0.15, 0.2) is 0 Å². The van der Waals surface area contributed by atoms with Crippen LogP contribution >= 0.6 is 0 Å². The van der Waals surface area contributed by atoms with E-state index < -0.39 is 0 Å². The van der Waals surface area contributed by atoms with Crippen LogP contribution in [-0.4, -0.2) is 6.54 Å². The highest BCUT2D eigenvalue weighted by atomic mass is 14.9. The Bertz CT molecular complexity index is 524. The second-order valence-electron chi connectivity index (χ2n) is 5.00. The minimum absolute atomic E-state index is 0.872. The largest absolute Gasteiger partial charge is 0.384 e. The number of anilines is 1. The molecular weight excluding hydrogens is 232 g/mol. The molecule has 0 unspecified atom stereocenters. The smallest absolute Gasteiger partial charge is 0.0418 e. The first-order valence-electron chi connectivity index (χ1n) is 6.76. The first-order valence-corrected chi connectivity index (χ1v) is 6.76. The second kappa shape index (κ2) is 6.28. The van der Waals surface area contributed by atoms with Crippen molar-refractivity contribution in [3.8, 4) is 0 Å². The Balaban J connectivity index is 2.14. The maximum absolute atomic E-state index is 3.77. The van der Waals surface area contributed by atoms with Gasteiger partial charge in [0.05, 0.1) is 0 Å². The number of hydrogen-bond acceptors (Lipinski definition) is 2. The molecule has 0 atom stereocenters. The van der Waals surface area contributed by atoms with E-state index >= 15 is 0 Å². The van der Waals surface area contributed by atoms with Gasteiger partial charge in [0.25, 0.3) is 0 Å². The lowest BCUT2D eigenvalue weighted by Crippen LogP contribution is -2.20. The Morgan fingerprint density at radius 1 is 1.32 bits per heavy atom. The minimum atomic E-state index is 0.872. The third-order valence-electron chi connectivity index (χ3n) is 3.35. The Morgan fingerprint density at radius 2 is 2.16 bits per heavy atom. The van der Waals surface area contributed by atoms with Crippen molar-refractivity contribution in [2.24, 2.45) is 0 Å². The molecule has 1 aliphatic heterocycles. The SMILES string of the molecule is C=C/C(C)=C\C=C1/CCNc2ccc(C)cc2CN1. The zero-order valence-electron chi connectivity index (χ0n) is 11.8. The van der Waals surface area contributed by atoms with Crippen molar-refractivity contribution in [2.45, 2.75) is 26.8 Å². The molecular formula is C17H22N2. The summed E-state index contributed by atoms with van der Waals surface area (Å²) in [4.78, 5) is 0. The second-order valence-corrected chi connectivity index (χ2v) is 5.00. The highest BCUT2D eigenvalue weighted by molar-refractivity contribution is 5.53. The molecule has 0 bridgehead atoms. The number of allylic oxidation sites excluding steroid dienone is 4. The Kier molecular flexibility index (Phi) is 4.45. The van der Waals surface area contributed by atoms with Crippen LogP contribution in [0.15, 0.2) is 54.3 Å². The van der Waals surface area contributed by atoms with Crippen LogP contribution in [0.5, 0.6) is 0 Å². The monoisotopic (exact) mass is 254 g/mol. The molecule has 0 aromatic heterocycles. The predicted molar refractivity (Wildman–Crippen MR) is 83.2 cm³/mol. The third kappa shape index (κ3) is 3.75. The fourth-order valence-corrected chi connectivity index (χ4v) is 2.11. The molecule has 0 spiro atoms. The molecule has 0 amide bonds. The number of aryl methyl sites for hydroxylation is 1. The van der Waals surface area contributed by atoms with Crippen molar-refractivity contribution >= 4 is 5.69 Å². The summed E-state index contributed by atoms with van der Waals surface area (Å²) in [7, 11) is 0. The first kappa shape index (κ1) is 13.5. The van der Waals surface area contributed by atoms with Gasteiger partial charge in [-0.2, -0.15) is 0 Å². The fraction of sp³-hybridized carbons (Fsp3) is 0.294. The van der Waals surface area contributed by atoms with Crippen LogP contribution in [-0.2, 0) is 6.54 Å². The van der Waals surface area contributed by atoms with Gasteiger partial charge in [0, 0.05) is 30.9 Å². The van der Waals surface area contributed by atoms with Gasteiger partial charge >= 0.3 is 0 Å². The van der Waals surface area contributed by atoms with Gasteiger partial charge < -0.3 is 10.6 Å². The Hall–Kier alpha value is -1.96. The summed E-state index contributed by atoms with van der Waals surface area (Å²) >= 11 is 0. The summed E-state index contributed by atoms with van der Waals surface area (Å²) < 4.78 is 0. The van der Waals surface area contributed by atoms with E-state index in [1.807, 2.05) is 6.08 Å². The highest BCUT2D eigenvalue weighted by Crippen LogP contribution is 2.20. The van der Waals surface area contributed by atoms with Gasteiger partial charge in [-0.1, -0.05) is 42.0 Å². The molecule has 2 N–H and O–H groups in total. The predicted octanol–water partition coefficient (Wildman–Crippen LogP) is 3.92. The summed E-state index contributed by atoms with van der Waals surface area (Å²) in [5.41, 5.74) is 6.32. The van der Waals surface area contributed by atoms with E-state index in [0.29, 0.717) is 0 Å². The van der Waals surface area contributed by atoms with Crippen LogP contribution in [0.1, 0.15) is 24.5 Å². The summed E-state index contributed by atoms with van der Waals surface area (Å²) in [5.74, 6) is 0. The number of benzene rings is 1. The minimum Gasteiger partial charge on any atom is -0.384 e. The average Bonchev–Trinajstić information content (AvgIpc) is 2.39. The maximum Gasteiger partial charge on any atom is 0.0418 e. The van der Waals surface area contributed by atoms with Crippen molar-refractivity contribution in [2.75, 3.05) is 11.9 Å². The van der Waals surface area contributed by atoms with Crippen molar-refractivity contribution in [3.05, 3.63) is 65.4 Å². The molecule has 2 nitrogen and oxygen atoms in total. The quantitative estimate of drug-likeness (QED) is 0.782. The lowest BCUT2D eigenvalue weighted by molar-refractivity contribution is 0.745. The number of rotatable bonds is 2. The fourth-order valence-electron chi connectivity index (χ4n) is 2.11. The van der Waals surface area contributed by atoms with Gasteiger partial charge in [0.1, 0.15) is 0 Å². The normalized spacial score (nSPS) is 17.8. The molecule has 0 saturated carbocycles. The topological polar surface area (TPSA) is 24.1 Å². The zero-order chi connectivity index (χ0) is 13.7. The van der Waals surface area contributed by atoms with Crippen LogP contribution < -0.4 is 10.6 Å². The lowest BCUT2D eigenvalue weighted by Gasteiger charge is -2.20. The zero-order valence-corrected chi connectivity index (χ0v) is 11.8. The van der Waals surface area contributed by atoms with Gasteiger partial charge in [-0.15, -0.1) is 0 Å². The van der Waals surface area contributed by atoms with E-state index in [0.717, 1.165) is 19.5 Å². The molecule has 1 aromatic carbocycles. The Morgan fingerprint density at radius 3 is 2.95 bits per heavy atom. The van der Waals surface area contributed by atoms with Crippen molar-refractivity contribution < 1.29 is 0 Å². The van der Waals surface area contributed by atoms with Gasteiger partial charge in [-0.05, 0) is 31.6 Å². The molecule has 1 aromatic rings. The summed E-state index contributed by atoms with van der Waals surface area (Å²) in [6.07, 6.45) is 7.14. The molecule has 19 heavy (non-hydrogen) atoms. The number of hydrogen-bond donors (Lipinski definition) is 2. The first-order chi connectivity index (χ1) is 9.19. The standard InChI is InChI=1S/C17H22N2/c1-4-13(2)5-7-16-9-10-18-17-8-6-14(3)11-15(17)12-19-16/h4-8,11,18-19H,1,9-10,12H2,2-3H3/b13-5-,16-7+. The molecule has 2 rings (SSSR count). The molecule has 0 fully saturated rings. The lowest BCUT2D eigenvalue weighted by atomic mass is 10.1. The van der Waals surface area contributed by atoms with Crippen molar-refractivity contribution in [1.82, 2.24) is 5.32 Å². The molecule has 1 heterocycles. The van der Waals surface area contributed by atoms with Gasteiger partial charge in [0.2, 0.25) is 0 Å². The van der Waals surface area contributed by atoms with Crippen LogP contribution in [0.2, 0.25) is 0 Å². The molecule has 1 aliphatic rings. The van der Waals surface area contributed by atoms with Crippen LogP contribution in [0.25, 0.3) is 0 Å². The van der Waals surface area contributed by atoms with Gasteiger partial charge in [-0.25, -0.2) is 0 Å². The summed E-state index contributed by atoms with van der Waals surface area (Å²) in [6.45, 7) is 9.78. The van der Waals surface area contributed by atoms with Crippen LogP contribution in [0.4, 0.5) is 5.69 Å². The molecule has 2 heteroatoms. The van der Waals surface area contributed by atoms with Crippen molar-refractivity contribution in [3.63, 3.8) is 0 Å². The molecule has 0 saturated heterocycles. The molecule has 0 radical (unpaired) electrons. The highest BCUT2D eigenvalue weighted by Gasteiger charge is 2.07.